The number of hydrogen-bond donors (Lipinski definition) is 3. The van der Waals surface area contributed by atoms with Gasteiger partial charge in [-0.2, -0.15) is 0 Å². The number of furan rings is 1. The molecular weight excluding hydrogens is 368 g/mol. The van der Waals surface area contributed by atoms with Crippen LogP contribution in [-0.4, -0.2) is 33.9 Å². The molecule has 146 valence electrons. The van der Waals surface area contributed by atoms with Gasteiger partial charge in [-0.3, -0.25) is 4.79 Å². The minimum atomic E-state index is -0.251. The number of nitrogens with zero attached hydrogens (tertiary/aromatic N) is 3. The van der Waals surface area contributed by atoms with Crippen molar-refractivity contribution in [3.05, 3.63) is 72.4 Å². The zero-order chi connectivity index (χ0) is 20.1. The Labute approximate surface area is 167 Å². The summed E-state index contributed by atoms with van der Waals surface area (Å²) in [5, 5.41) is 10.1. The van der Waals surface area contributed by atoms with Crippen molar-refractivity contribution in [2.24, 2.45) is 0 Å². The monoisotopic (exact) mass is 388 g/mol. The molecule has 1 amide bonds. The van der Waals surface area contributed by atoms with Crippen LogP contribution in [-0.2, 0) is 0 Å². The zero-order valence-electron chi connectivity index (χ0n) is 15.8. The molecule has 0 radical (unpaired) electrons. The molecule has 8 heteroatoms. The van der Waals surface area contributed by atoms with Gasteiger partial charge in [0.05, 0.1) is 0 Å². The molecule has 4 rings (SSSR count). The van der Waals surface area contributed by atoms with Gasteiger partial charge < -0.3 is 20.4 Å². The highest BCUT2D eigenvalue weighted by molar-refractivity contribution is 5.96. The second kappa shape index (κ2) is 8.39. The van der Waals surface area contributed by atoms with Crippen molar-refractivity contribution >= 4 is 34.3 Å². The lowest BCUT2D eigenvalue weighted by molar-refractivity contribution is 0.0929. The fourth-order valence-corrected chi connectivity index (χ4v) is 2.84. The lowest BCUT2D eigenvalue weighted by atomic mass is 10.2. The largest absolute Gasteiger partial charge is 0.451 e. The number of rotatable bonds is 7. The van der Waals surface area contributed by atoms with Gasteiger partial charge in [0.1, 0.15) is 28.9 Å². The lowest BCUT2D eigenvalue weighted by Gasteiger charge is -2.10. The fraction of sp³-hybridized carbons (Fsp3) is 0.143. The molecule has 0 spiro atoms. The summed E-state index contributed by atoms with van der Waals surface area (Å²) < 4.78 is 5.57. The molecule has 0 fully saturated rings. The van der Waals surface area contributed by atoms with E-state index < -0.39 is 0 Å². The van der Waals surface area contributed by atoms with Crippen molar-refractivity contribution in [3.8, 4) is 0 Å². The van der Waals surface area contributed by atoms with Crippen LogP contribution in [0.3, 0.4) is 0 Å². The van der Waals surface area contributed by atoms with Gasteiger partial charge in [0.2, 0.25) is 0 Å². The van der Waals surface area contributed by atoms with Crippen molar-refractivity contribution in [1.29, 1.82) is 0 Å². The van der Waals surface area contributed by atoms with Gasteiger partial charge >= 0.3 is 0 Å². The van der Waals surface area contributed by atoms with Crippen molar-refractivity contribution in [2.45, 2.75) is 6.92 Å². The van der Waals surface area contributed by atoms with E-state index >= 15 is 0 Å². The summed E-state index contributed by atoms with van der Waals surface area (Å²) in [4.78, 5) is 25.2. The van der Waals surface area contributed by atoms with Crippen LogP contribution in [0.4, 0.5) is 17.5 Å². The third kappa shape index (κ3) is 4.67. The van der Waals surface area contributed by atoms with Crippen LogP contribution in [0.1, 0.15) is 16.4 Å². The van der Waals surface area contributed by atoms with Crippen LogP contribution in [0.2, 0.25) is 0 Å². The number of para-hydroxylation sites is 1. The third-order valence-corrected chi connectivity index (χ3v) is 4.12. The molecule has 0 aliphatic heterocycles. The standard InChI is InChI=1S/C21H20N6O2/c1-14-25-19(13-20(26-14)27-18-8-4-5-9-22-18)23-10-11-24-21(28)17-12-15-6-2-3-7-16(15)29-17/h2-9,12-13H,10-11H2,1H3,(H,24,28)(H2,22,23,25,26,27). The Balaban J connectivity index is 1.31. The maximum absolute atomic E-state index is 12.3. The van der Waals surface area contributed by atoms with E-state index in [0.717, 1.165) is 5.39 Å². The van der Waals surface area contributed by atoms with E-state index in [1.54, 1.807) is 18.3 Å². The number of pyridine rings is 1. The van der Waals surface area contributed by atoms with Crippen molar-refractivity contribution < 1.29 is 9.21 Å². The van der Waals surface area contributed by atoms with Gasteiger partial charge in [-0.1, -0.05) is 24.3 Å². The fourth-order valence-electron chi connectivity index (χ4n) is 2.84. The molecule has 0 aliphatic carbocycles. The van der Waals surface area contributed by atoms with E-state index in [2.05, 4.69) is 30.9 Å². The summed E-state index contributed by atoms with van der Waals surface area (Å²) in [6.07, 6.45) is 1.71. The highest BCUT2D eigenvalue weighted by Crippen LogP contribution is 2.18. The number of carbonyl (C=O) groups excluding carboxylic acids is 1. The van der Waals surface area contributed by atoms with Gasteiger partial charge in [-0.25, -0.2) is 15.0 Å². The number of fused-ring (bicyclic) bond motifs is 1. The second-order valence-electron chi connectivity index (χ2n) is 6.36. The smallest absolute Gasteiger partial charge is 0.287 e. The predicted molar refractivity (Wildman–Crippen MR) is 111 cm³/mol. The second-order valence-corrected chi connectivity index (χ2v) is 6.36. The normalized spacial score (nSPS) is 10.7. The van der Waals surface area contributed by atoms with Crippen molar-refractivity contribution in [2.75, 3.05) is 23.7 Å². The summed E-state index contributed by atoms with van der Waals surface area (Å²) in [7, 11) is 0. The van der Waals surface area contributed by atoms with Crippen LogP contribution in [0.15, 0.2) is 65.2 Å². The molecule has 0 atom stereocenters. The Hall–Kier alpha value is -3.94. The number of anilines is 3. The molecule has 1 aromatic carbocycles. The Morgan fingerprint density at radius 1 is 0.966 bits per heavy atom. The minimum Gasteiger partial charge on any atom is -0.451 e. The topological polar surface area (TPSA) is 105 Å². The highest BCUT2D eigenvalue weighted by atomic mass is 16.3. The van der Waals surface area contributed by atoms with E-state index in [0.29, 0.717) is 47.7 Å². The number of hydrogen-bond acceptors (Lipinski definition) is 7. The quantitative estimate of drug-likeness (QED) is 0.416. The van der Waals surface area contributed by atoms with Gasteiger partial charge in [-0.15, -0.1) is 0 Å². The number of carbonyl (C=O) groups is 1. The average Bonchev–Trinajstić information content (AvgIpc) is 3.16. The van der Waals surface area contributed by atoms with E-state index in [-0.39, 0.29) is 5.91 Å². The van der Waals surface area contributed by atoms with E-state index in [1.165, 1.54) is 0 Å². The third-order valence-electron chi connectivity index (χ3n) is 4.12. The van der Waals surface area contributed by atoms with E-state index in [4.69, 9.17) is 4.42 Å². The number of nitrogens with one attached hydrogen (secondary N) is 3. The van der Waals surface area contributed by atoms with Crippen molar-refractivity contribution in [3.63, 3.8) is 0 Å². The van der Waals surface area contributed by atoms with Crippen LogP contribution < -0.4 is 16.0 Å². The molecule has 3 heterocycles. The van der Waals surface area contributed by atoms with E-state index in [9.17, 15) is 4.79 Å². The molecule has 3 aromatic heterocycles. The first kappa shape index (κ1) is 18.4. The minimum absolute atomic E-state index is 0.251. The molecule has 0 saturated heterocycles. The Morgan fingerprint density at radius 3 is 2.62 bits per heavy atom. The molecule has 8 nitrogen and oxygen atoms in total. The summed E-state index contributed by atoms with van der Waals surface area (Å²) >= 11 is 0. The lowest BCUT2D eigenvalue weighted by Crippen LogP contribution is -2.28. The molecule has 0 bridgehead atoms. The van der Waals surface area contributed by atoms with Gasteiger partial charge in [-0.05, 0) is 31.2 Å². The van der Waals surface area contributed by atoms with Gasteiger partial charge in [0, 0.05) is 30.7 Å². The summed E-state index contributed by atoms with van der Waals surface area (Å²) in [5.74, 6) is 2.68. The molecule has 0 saturated carbocycles. The van der Waals surface area contributed by atoms with E-state index in [1.807, 2.05) is 49.4 Å². The molecule has 3 N–H and O–H groups in total. The SMILES string of the molecule is Cc1nc(NCCNC(=O)c2cc3ccccc3o2)cc(Nc2ccccn2)n1. The first-order chi connectivity index (χ1) is 14.2. The number of aryl methyl sites for hydroxylation is 1. The maximum atomic E-state index is 12.3. The van der Waals surface area contributed by atoms with Gasteiger partial charge in [0.15, 0.2) is 5.76 Å². The number of aromatic nitrogens is 3. The molecule has 4 aromatic rings. The highest BCUT2D eigenvalue weighted by Gasteiger charge is 2.11. The van der Waals surface area contributed by atoms with Crippen molar-refractivity contribution in [1.82, 2.24) is 20.3 Å². The summed E-state index contributed by atoms with van der Waals surface area (Å²) in [6, 6.07) is 16.7. The first-order valence-electron chi connectivity index (χ1n) is 9.22. The zero-order valence-corrected chi connectivity index (χ0v) is 15.8. The first-order valence-corrected chi connectivity index (χ1v) is 9.22. The number of benzene rings is 1. The Bertz CT molecular complexity index is 1090. The molecular formula is C21H20N6O2. The number of amides is 1. The van der Waals surface area contributed by atoms with Crippen LogP contribution in [0, 0.1) is 6.92 Å². The molecule has 0 unspecified atom stereocenters. The maximum Gasteiger partial charge on any atom is 0.287 e. The predicted octanol–water partition coefficient (Wildman–Crippen LogP) is 3.51. The summed E-state index contributed by atoms with van der Waals surface area (Å²) in [6.45, 7) is 2.74. The molecule has 29 heavy (non-hydrogen) atoms. The Morgan fingerprint density at radius 2 is 1.79 bits per heavy atom. The average molecular weight is 388 g/mol. The summed E-state index contributed by atoms with van der Waals surface area (Å²) in [5.41, 5.74) is 0.695. The molecule has 0 aliphatic rings. The Kier molecular flexibility index (Phi) is 5.33. The van der Waals surface area contributed by atoms with Gasteiger partial charge in [0.25, 0.3) is 5.91 Å². The van der Waals surface area contributed by atoms with Crippen LogP contribution >= 0.6 is 0 Å². The van der Waals surface area contributed by atoms with Crippen LogP contribution in [0.5, 0.6) is 0 Å². The van der Waals surface area contributed by atoms with Crippen LogP contribution in [0.25, 0.3) is 11.0 Å².